The number of para-hydroxylation sites is 1. The summed E-state index contributed by atoms with van der Waals surface area (Å²) in [5.41, 5.74) is 1.25. The zero-order valence-electron chi connectivity index (χ0n) is 12.6. The average Bonchev–Trinajstić information content (AvgIpc) is 2.75. The smallest absolute Gasteiger partial charge is 0.220 e. The van der Waals surface area contributed by atoms with E-state index in [2.05, 4.69) is 37.3 Å². The number of thioether (sulfide) groups is 1. The maximum atomic E-state index is 5.55. The Bertz CT molecular complexity index is 562. The summed E-state index contributed by atoms with van der Waals surface area (Å²) in [4.78, 5) is 0. The third-order valence-corrected chi connectivity index (χ3v) is 4.31. The van der Waals surface area contributed by atoms with Gasteiger partial charge in [-0.2, -0.15) is 0 Å². The van der Waals surface area contributed by atoms with Gasteiger partial charge in [-0.3, -0.25) is 0 Å². The van der Waals surface area contributed by atoms with E-state index in [-0.39, 0.29) is 0 Å². The van der Waals surface area contributed by atoms with Crippen molar-refractivity contribution in [2.24, 2.45) is 5.92 Å². The number of hydrogen-bond donors (Lipinski definition) is 0. The van der Waals surface area contributed by atoms with Gasteiger partial charge in [-0.25, -0.2) is 0 Å². The van der Waals surface area contributed by atoms with Gasteiger partial charge in [-0.15, -0.1) is 0 Å². The zero-order chi connectivity index (χ0) is 15.6. The normalized spacial score (nSPS) is 16.8. The van der Waals surface area contributed by atoms with Crippen LogP contribution >= 0.6 is 24.0 Å². The molecule has 0 bridgehead atoms. The van der Waals surface area contributed by atoms with Crippen molar-refractivity contribution >= 4 is 28.4 Å². The quantitative estimate of drug-likeness (QED) is 0.550. The van der Waals surface area contributed by atoms with E-state index in [1.165, 1.54) is 17.3 Å². The summed E-state index contributed by atoms with van der Waals surface area (Å²) in [7, 11) is 0. The van der Waals surface area contributed by atoms with Crippen LogP contribution in [-0.4, -0.2) is 23.3 Å². The molecule has 0 N–H and O–H groups in total. The van der Waals surface area contributed by atoms with Crippen molar-refractivity contribution in [1.29, 1.82) is 0 Å². The van der Waals surface area contributed by atoms with Crippen LogP contribution in [0.5, 0.6) is 5.75 Å². The highest BCUT2D eigenvalue weighted by Gasteiger charge is 2.03. The van der Waals surface area contributed by atoms with Crippen LogP contribution in [0.15, 0.2) is 66.3 Å². The second kappa shape index (κ2) is 9.49. The first kappa shape index (κ1) is 16.8. The van der Waals surface area contributed by atoms with Crippen molar-refractivity contribution in [2.45, 2.75) is 6.92 Å². The molecule has 0 radical (unpaired) electrons. The van der Waals surface area contributed by atoms with Gasteiger partial charge in [-0.1, -0.05) is 67.3 Å². The minimum atomic E-state index is 0.465. The molecule has 0 saturated carbocycles. The predicted octanol–water partition coefficient (Wildman–Crippen LogP) is 4.79. The molecule has 0 heterocycles. The number of benzene rings is 1. The Morgan fingerprint density at radius 3 is 2.82 bits per heavy atom. The van der Waals surface area contributed by atoms with Crippen molar-refractivity contribution in [3.8, 4) is 5.75 Å². The summed E-state index contributed by atoms with van der Waals surface area (Å²) in [5, 5.41) is 0. The topological polar surface area (TPSA) is 18.5 Å². The summed E-state index contributed by atoms with van der Waals surface area (Å²) >= 11 is 6.77. The van der Waals surface area contributed by atoms with Gasteiger partial charge < -0.3 is 9.47 Å². The Balaban J connectivity index is 1.61. The van der Waals surface area contributed by atoms with Crippen LogP contribution in [0, 0.1) is 5.92 Å². The van der Waals surface area contributed by atoms with Crippen LogP contribution in [0.3, 0.4) is 0 Å². The fraction of sp³-hybridized carbons (Fsp3) is 0.278. The minimum Gasteiger partial charge on any atom is -0.490 e. The van der Waals surface area contributed by atoms with Crippen LogP contribution in [0.2, 0.25) is 0 Å². The van der Waals surface area contributed by atoms with Gasteiger partial charge in [0.05, 0.1) is 0 Å². The molecule has 116 valence electrons. The minimum absolute atomic E-state index is 0.465. The molecule has 1 aliphatic carbocycles. The van der Waals surface area contributed by atoms with Gasteiger partial charge in [0.15, 0.2) is 0 Å². The molecule has 1 atom stereocenters. The molecule has 0 aromatic heterocycles. The number of allylic oxidation sites excluding steroid dienone is 5. The zero-order valence-corrected chi connectivity index (χ0v) is 14.2. The molecule has 22 heavy (non-hydrogen) atoms. The largest absolute Gasteiger partial charge is 0.490 e. The molecule has 1 aromatic carbocycles. The van der Waals surface area contributed by atoms with Crippen molar-refractivity contribution in [3.05, 3.63) is 66.3 Å². The molecular formula is C18H20O2S2. The molecule has 4 heteroatoms. The summed E-state index contributed by atoms with van der Waals surface area (Å²) in [6.07, 6.45) is 10.7. The van der Waals surface area contributed by atoms with E-state index in [0.717, 1.165) is 11.5 Å². The van der Waals surface area contributed by atoms with E-state index in [1.54, 1.807) is 0 Å². The molecular weight excluding hydrogens is 312 g/mol. The lowest BCUT2D eigenvalue weighted by Crippen LogP contribution is -2.09. The first-order chi connectivity index (χ1) is 10.7. The number of hydrogen-bond acceptors (Lipinski definition) is 4. The maximum absolute atomic E-state index is 5.55. The molecule has 0 spiro atoms. The summed E-state index contributed by atoms with van der Waals surface area (Å²) in [6, 6.07) is 9.69. The fourth-order valence-electron chi connectivity index (χ4n) is 1.83. The lowest BCUT2D eigenvalue weighted by atomic mass is 10.1. The van der Waals surface area contributed by atoms with Crippen LogP contribution in [0.1, 0.15) is 6.92 Å². The highest BCUT2D eigenvalue weighted by molar-refractivity contribution is 8.22. The van der Waals surface area contributed by atoms with Crippen molar-refractivity contribution < 1.29 is 9.47 Å². The van der Waals surface area contributed by atoms with E-state index < -0.39 is 0 Å². The van der Waals surface area contributed by atoms with Crippen molar-refractivity contribution in [2.75, 3.05) is 19.0 Å². The number of thiocarbonyl (C=S) groups is 1. The summed E-state index contributed by atoms with van der Waals surface area (Å²) in [5.74, 6) is 2.16. The first-order valence-electron chi connectivity index (χ1n) is 7.27. The van der Waals surface area contributed by atoms with Crippen molar-refractivity contribution in [3.63, 3.8) is 0 Å². The van der Waals surface area contributed by atoms with Crippen LogP contribution < -0.4 is 4.74 Å². The Labute approximate surface area is 141 Å². The SMILES string of the molecule is CC1C=CC=C(CSC(=S)OCCOc2ccccc2)C=C1. The van der Waals surface area contributed by atoms with E-state index in [9.17, 15) is 0 Å². The van der Waals surface area contributed by atoms with Gasteiger partial charge in [0.1, 0.15) is 19.0 Å². The molecule has 2 rings (SSSR count). The molecule has 0 fully saturated rings. The highest BCUT2D eigenvalue weighted by Crippen LogP contribution is 2.16. The van der Waals surface area contributed by atoms with Crippen molar-refractivity contribution in [1.82, 2.24) is 0 Å². The van der Waals surface area contributed by atoms with Crippen LogP contribution in [-0.2, 0) is 4.74 Å². The molecule has 0 amide bonds. The van der Waals surface area contributed by atoms with Gasteiger partial charge in [0.25, 0.3) is 0 Å². The Hall–Kier alpha value is -1.52. The standard InChI is InChI=1S/C18H20O2S2/c1-15-6-5-7-16(11-10-15)14-22-18(21)20-13-12-19-17-8-3-2-4-9-17/h2-11,15H,12-14H2,1H3. The maximum Gasteiger partial charge on any atom is 0.220 e. The molecule has 1 aliphatic rings. The van der Waals surface area contributed by atoms with Crippen LogP contribution in [0.25, 0.3) is 0 Å². The summed E-state index contributed by atoms with van der Waals surface area (Å²) in [6.45, 7) is 3.12. The van der Waals surface area contributed by atoms with E-state index in [1.807, 2.05) is 30.3 Å². The van der Waals surface area contributed by atoms with Gasteiger partial charge in [-0.05, 0) is 35.8 Å². The Morgan fingerprint density at radius 1 is 1.18 bits per heavy atom. The molecule has 1 aromatic rings. The lowest BCUT2D eigenvalue weighted by Gasteiger charge is -2.09. The number of rotatable bonds is 6. The fourth-order valence-corrected chi connectivity index (χ4v) is 2.73. The second-order valence-electron chi connectivity index (χ2n) is 4.89. The Morgan fingerprint density at radius 2 is 2.00 bits per heavy atom. The first-order valence-corrected chi connectivity index (χ1v) is 8.66. The van der Waals surface area contributed by atoms with E-state index in [4.69, 9.17) is 21.7 Å². The predicted molar refractivity (Wildman–Crippen MR) is 98.5 cm³/mol. The molecule has 1 unspecified atom stereocenters. The monoisotopic (exact) mass is 332 g/mol. The Kier molecular flexibility index (Phi) is 7.26. The second-order valence-corrected chi connectivity index (χ2v) is 6.47. The third-order valence-electron chi connectivity index (χ3n) is 3.01. The highest BCUT2D eigenvalue weighted by atomic mass is 32.2. The molecule has 0 saturated heterocycles. The molecule has 2 nitrogen and oxygen atoms in total. The van der Waals surface area contributed by atoms with Gasteiger partial charge in [0.2, 0.25) is 4.38 Å². The van der Waals surface area contributed by atoms with E-state index in [0.29, 0.717) is 23.5 Å². The number of ether oxygens (including phenoxy) is 2. The van der Waals surface area contributed by atoms with E-state index >= 15 is 0 Å². The van der Waals surface area contributed by atoms with Gasteiger partial charge >= 0.3 is 0 Å². The molecule has 0 aliphatic heterocycles. The third kappa shape index (κ3) is 6.50. The average molecular weight is 332 g/mol. The van der Waals surface area contributed by atoms with Gasteiger partial charge in [0, 0.05) is 5.75 Å². The summed E-state index contributed by atoms with van der Waals surface area (Å²) < 4.78 is 11.6. The van der Waals surface area contributed by atoms with Crippen LogP contribution in [0.4, 0.5) is 0 Å². The lowest BCUT2D eigenvalue weighted by molar-refractivity contribution is 0.217.